The van der Waals surface area contributed by atoms with E-state index in [-0.39, 0.29) is 5.91 Å². The van der Waals surface area contributed by atoms with E-state index in [2.05, 4.69) is 4.98 Å². The first-order valence-electron chi connectivity index (χ1n) is 6.23. The molecule has 0 aliphatic carbocycles. The fourth-order valence-electron chi connectivity index (χ4n) is 2.16. The Bertz CT molecular complexity index is 463. The topological polar surface area (TPSA) is 79.7 Å². The van der Waals surface area contributed by atoms with Crippen molar-refractivity contribution < 1.29 is 19.4 Å². The van der Waals surface area contributed by atoms with Gasteiger partial charge in [-0.05, 0) is 31.9 Å². The lowest BCUT2D eigenvalue weighted by Gasteiger charge is -2.24. The fourth-order valence-corrected chi connectivity index (χ4v) is 2.16. The molecule has 1 aliphatic rings. The first kappa shape index (κ1) is 13.5. The van der Waals surface area contributed by atoms with Crippen molar-refractivity contribution in [3.05, 3.63) is 24.5 Å². The van der Waals surface area contributed by atoms with E-state index in [0.717, 1.165) is 5.69 Å². The predicted molar refractivity (Wildman–Crippen MR) is 67.8 cm³/mol. The van der Waals surface area contributed by atoms with Crippen LogP contribution in [0.3, 0.4) is 0 Å². The number of carboxylic acid groups (broad SMARTS) is 1. The summed E-state index contributed by atoms with van der Waals surface area (Å²) in [5.41, 5.74) is 0.741. The van der Waals surface area contributed by atoms with E-state index in [1.54, 1.807) is 29.4 Å². The molecule has 1 N–H and O–H groups in total. The van der Waals surface area contributed by atoms with Crippen LogP contribution in [-0.4, -0.2) is 40.7 Å². The zero-order valence-corrected chi connectivity index (χ0v) is 10.7. The number of amides is 1. The third-order valence-corrected chi connectivity index (χ3v) is 3.13. The smallest absolute Gasteiger partial charge is 0.332 e. The molecule has 2 atom stereocenters. The number of likely N-dealkylation sites (N-methyl/N-ethyl adjacent to an activating group) is 1. The summed E-state index contributed by atoms with van der Waals surface area (Å²) in [6, 6.07) is 3.48. The van der Waals surface area contributed by atoms with Gasteiger partial charge in [-0.1, -0.05) is 0 Å². The summed E-state index contributed by atoms with van der Waals surface area (Å²) in [7, 11) is 0. The number of carbonyl (C=O) groups excluding carboxylic acids is 1. The molecule has 6 heteroatoms. The Labute approximate surface area is 111 Å². The number of ether oxygens (including phenoxy) is 1. The second-order valence-corrected chi connectivity index (χ2v) is 4.32. The largest absolute Gasteiger partial charge is 0.479 e. The summed E-state index contributed by atoms with van der Waals surface area (Å²) in [5, 5.41) is 8.87. The lowest BCUT2D eigenvalue weighted by Crippen LogP contribution is -2.39. The number of anilines is 1. The van der Waals surface area contributed by atoms with Gasteiger partial charge >= 0.3 is 5.97 Å². The molecule has 0 saturated carbocycles. The van der Waals surface area contributed by atoms with Crippen LogP contribution >= 0.6 is 0 Å². The number of pyridine rings is 1. The highest BCUT2D eigenvalue weighted by atomic mass is 16.5. The van der Waals surface area contributed by atoms with Gasteiger partial charge in [0.2, 0.25) is 0 Å². The minimum atomic E-state index is -1.01. The summed E-state index contributed by atoms with van der Waals surface area (Å²) < 4.78 is 5.28. The lowest BCUT2D eigenvalue weighted by atomic mass is 10.1. The molecule has 1 saturated heterocycles. The molecule has 1 aromatic rings. The SMILES string of the molecule is CCN(C(=O)C1CCC(C(=O)O)O1)c1ccncc1. The molecule has 2 rings (SSSR count). The van der Waals surface area contributed by atoms with Crippen LogP contribution in [0, 0.1) is 0 Å². The summed E-state index contributed by atoms with van der Waals surface area (Å²) >= 11 is 0. The molecule has 1 aromatic heterocycles. The molecular formula is C13H16N2O4. The predicted octanol–water partition coefficient (Wildman–Crippen LogP) is 1.07. The van der Waals surface area contributed by atoms with Gasteiger partial charge < -0.3 is 14.7 Å². The van der Waals surface area contributed by atoms with Crippen molar-refractivity contribution in [1.82, 2.24) is 4.98 Å². The molecule has 0 bridgehead atoms. The Kier molecular flexibility index (Phi) is 4.11. The van der Waals surface area contributed by atoms with Gasteiger partial charge in [0.25, 0.3) is 5.91 Å². The highest BCUT2D eigenvalue weighted by Crippen LogP contribution is 2.23. The average molecular weight is 264 g/mol. The van der Waals surface area contributed by atoms with Gasteiger partial charge in [-0.25, -0.2) is 4.79 Å². The van der Waals surface area contributed by atoms with Crippen LogP contribution in [0.5, 0.6) is 0 Å². The standard InChI is InChI=1S/C13H16N2O4/c1-2-15(9-5-7-14-8-6-9)12(16)10-3-4-11(19-10)13(17)18/h5-8,10-11H,2-4H2,1H3,(H,17,18). The molecular weight excluding hydrogens is 248 g/mol. The molecule has 1 amide bonds. The zero-order valence-electron chi connectivity index (χ0n) is 10.7. The summed E-state index contributed by atoms with van der Waals surface area (Å²) in [4.78, 5) is 28.6. The van der Waals surface area contributed by atoms with Crippen LogP contribution in [-0.2, 0) is 14.3 Å². The van der Waals surface area contributed by atoms with Crippen molar-refractivity contribution in [3.63, 3.8) is 0 Å². The number of aromatic nitrogens is 1. The van der Waals surface area contributed by atoms with Crippen molar-refractivity contribution in [3.8, 4) is 0 Å². The molecule has 6 nitrogen and oxygen atoms in total. The fraction of sp³-hybridized carbons (Fsp3) is 0.462. The van der Waals surface area contributed by atoms with Crippen molar-refractivity contribution in [2.45, 2.75) is 32.0 Å². The minimum absolute atomic E-state index is 0.197. The number of aliphatic carboxylic acids is 1. The van der Waals surface area contributed by atoms with Gasteiger partial charge in [0.1, 0.15) is 6.10 Å². The Hall–Kier alpha value is -1.95. The molecule has 102 valence electrons. The summed E-state index contributed by atoms with van der Waals surface area (Å²) in [6.07, 6.45) is 2.50. The lowest BCUT2D eigenvalue weighted by molar-refractivity contribution is -0.151. The molecule has 1 fully saturated rings. The van der Waals surface area contributed by atoms with Gasteiger partial charge in [-0.3, -0.25) is 9.78 Å². The van der Waals surface area contributed by atoms with Gasteiger partial charge in [-0.2, -0.15) is 0 Å². The molecule has 0 aromatic carbocycles. The van der Waals surface area contributed by atoms with Crippen LogP contribution in [0.1, 0.15) is 19.8 Å². The van der Waals surface area contributed by atoms with Crippen LogP contribution < -0.4 is 4.90 Å². The number of carbonyl (C=O) groups is 2. The molecule has 2 unspecified atom stereocenters. The second-order valence-electron chi connectivity index (χ2n) is 4.32. The quantitative estimate of drug-likeness (QED) is 0.879. The van der Waals surface area contributed by atoms with Gasteiger partial charge in [-0.15, -0.1) is 0 Å². The van der Waals surface area contributed by atoms with Gasteiger partial charge in [0.05, 0.1) is 0 Å². The van der Waals surface area contributed by atoms with Crippen LogP contribution in [0.2, 0.25) is 0 Å². The maximum absolute atomic E-state index is 12.3. The average Bonchev–Trinajstić information content (AvgIpc) is 2.90. The number of hydrogen-bond acceptors (Lipinski definition) is 4. The van der Waals surface area contributed by atoms with E-state index in [1.165, 1.54) is 0 Å². The third kappa shape index (κ3) is 2.90. The van der Waals surface area contributed by atoms with Crippen LogP contribution in [0.25, 0.3) is 0 Å². The molecule has 0 radical (unpaired) electrons. The monoisotopic (exact) mass is 264 g/mol. The molecule has 19 heavy (non-hydrogen) atoms. The molecule has 1 aliphatic heterocycles. The van der Waals surface area contributed by atoms with Gasteiger partial charge in [0, 0.05) is 24.6 Å². The number of nitrogens with zero attached hydrogens (tertiary/aromatic N) is 2. The zero-order chi connectivity index (χ0) is 13.8. The number of rotatable bonds is 4. The van der Waals surface area contributed by atoms with Crippen molar-refractivity contribution in [1.29, 1.82) is 0 Å². The highest BCUT2D eigenvalue weighted by molar-refractivity contribution is 5.97. The van der Waals surface area contributed by atoms with Gasteiger partial charge in [0.15, 0.2) is 6.10 Å². The van der Waals surface area contributed by atoms with Crippen molar-refractivity contribution >= 4 is 17.6 Å². The Balaban J connectivity index is 2.08. The Morgan fingerprint density at radius 2 is 2.00 bits per heavy atom. The Morgan fingerprint density at radius 1 is 1.37 bits per heavy atom. The van der Waals surface area contributed by atoms with E-state index < -0.39 is 18.2 Å². The maximum Gasteiger partial charge on any atom is 0.332 e. The second kappa shape index (κ2) is 5.79. The number of hydrogen-bond donors (Lipinski definition) is 1. The normalized spacial score (nSPS) is 22.2. The first-order chi connectivity index (χ1) is 9.13. The summed E-state index contributed by atoms with van der Waals surface area (Å²) in [6.45, 7) is 2.36. The molecule has 2 heterocycles. The van der Waals surface area contributed by atoms with E-state index in [0.29, 0.717) is 19.4 Å². The van der Waals surface area contributed by atoms with E-state index in [4.69, 9.17) is 9.84 Å². The summed E-state index contributed by atoms with van der Waals surface area (Å²) in [5.74, 6) is -1.21. The van der Waals surface area contributed by atoms with E-state index in [1.807, 2.05) is 6.92 Å². The van der Waals surface area contributed by atoms with Crippen molar-refractivity contribution in [2.75, 3.05) is 11.4 Å². The maximum atomic E-state index is 12.3. The molecule has 0 spiro atoms. The van der Waals surface area contributed by atoms with E-state index >= 15 is 0 Å². The highest BCUT2D eigenvalue weighted by Gasteiger charge is 2.36. The van der Waals surface area contributed by atoms with Crippen molar-refractivity contribution in [2.24, 2.45) is 0 Å². The first-order valence-corrected chi connectivity index (χ1v) is 6.23. The van der Waals surface area contributed by atoms with E-state index in [9.17, 15) is 9.59 Å². The third-order valence-electron chi connectivity index (χ3n) is 3.13. The Morgan fingerprint density at radius 3 is 2.53 bits per heavy atom. The van der Waals surface area contributed by atoms with Crippen LogP contribution in [0.4, 0.5) is 5.69 Å². The number of carboxylic acids is 1. The minimum Gasteiger partial charge on any atom is -0.479 e. The van der Waals surface area contributed by atoms with Crippen LogP contribution in [0.15, 0.2) is 24.5 Å².